The third kappa shape index (κ3) is 3.06. The molecule has 9 heteroatoms. The molecule has 4 atom stereocenters. The highest BCUT2D eigenvalue weighted by atomic mass is 28.4. The average molecular weight is 397 g/mol. The zero-order chi connectivity index (χ0) is 20.4. The summed E-state index contributed by atoms with van der Waals surface area (Å²) >= 11 is 0. The standard InChI is InChI=1S/C18H28N2O6Si/c1-10-8-20(16(23)19-14(10)22)15-12-13(26-27(6,7)17(3,4)5)18(25-15,9-24-12)11(2)21/h8,12-13,15H,9H2,1-7H3,(H,19,22,23)/t12?,13-,15-,18-/m1/s1. The number of carbonyl (C=O) groups excluding carboxylic acids is 1. The minimum atomic E-state index is -2.23. The van der Waals surface area contributed by atoms with Gasteiger partial charge in [0.25, 0.3) is 5.56 Å². The smallest absolute Gasteiger partial charge is 0.330 e. The fourth-order valence-corrected chi connectivity index (χ4v) is 4.61. The number of rotatable bonds is 4. The maximum Gasteiger partial charge on any atom is 0.330 e. The summed E-state index contributed by atoms with van der Waals surface area (Å²) in [5, 5.41) is -0.0616. The van der Waals surface area contributed by atoms with Crippen LogP contribution in [0.15, 0.2) is 15.8 Å². The van der Waals surface area contributed by atoms with Crippen LogP contribution in [0.2, 0.25) is 18.1 Å². The number of hydrogen-bond donors (Lipinski definition) is 1. The van der Waals surface area contributed by atoms with Gasteiger partial charge in [-0.25, -0.2) is 4.79 Å². The predicted octanol–water partition coefficient (Wildman–Crippen LogP) is 1.49. The van der Waals surface area contributed by atoms with Gasteiger partial charge in [-0.05, 0) is 32.0 Å². The van der Waals surface area contributed by atoms with Gasteiger partial charge in [0.1, 0.15) is 12.2 Å². The lowest BCUT2D eigenvalue weighted by atomic mass is 9.95. The van der Waals surface area contributed by atoms with Gasteiger partial charge in [-0.2, -0.15) is 0 Å². The molecule has 0 radical (unpaired) electrons. The van der Waals surface area contributed by atoms with Crippen molar-refractivity contribution in [3.05, 3.63) is 32.6 Å². The number of ether oxygens (including phenoxy) is 2. The summed E-state index contributed by atoms with van der Waals surface area (Å²) in [5.41, 5.74) is -1.92. The second-order valence-electron chi connectivity index (χ2n) is 9.01. The van der Waals surface area contributed by atoms with E-state index in [1.54, 1.807) is 6.92 Å². The molecule has 1 aromatic heterocycles. The van der Waals surface area contributed by atoms with Crippen LogP contribution in [0, 0.1) is 6.92 Å². The second kappa shape index (κ2) is 6.23. The summed E-state index contributed by atoms with van der Waals surface area (Å²) in [4.78, 5) is 38.8. The third-order valence-corrected chi connectivity index (χ3v) is 10.6. The number of ketones is 1. The van der Waals surface area contributed by atoms with Gasteiger partial charge in [-0.1, -0.05) is 20.8 Å². The Kier molecular flexibility index (Phi) is 4.66. The molecule has 1 N–H and O–H groups in total. The number of nitrogens with zero attached hydrogens (tertiary/aromatic N) is 1. The quantitative estimate of drug-likeness (QED) is 0.774. The monoisotopic (exact) mass is 396 g/mol. The van der Waals surface area contributed by atoms with Crippen LogP contribution in [-0.4, -0.2) is 48.1 Å². The molecule has 1 aromatic rings. The highest BCUT2D eigenvalue weighted by Crippen LogP contribution is 2.49. The molecule has 27 heavy (non-hydrogen) atoms. The van der Waals surface area contributed by atoms with Crippen molar-refractivity contribution >= 4 is 14.1 Å². The molecule has 2 bridgehead atoms. The van der Waals surface area contributed by atoms with Crippen LogP contribution >= 0.6 is 0 Å². The molecule has 2 fully saturated rings. The van der Waals surface area contributed by atoms with Crippen molar-refractivity contribution in [3.8, 4) is 0 Å². The van der Waals surface area contributed by atoms with Gasteiger partial charge >= 0.3 is 5.69 Å². The SMILES string of the molecule is CC(=O)[C@@]12COC([C@H](n3cc(C)c(=O)[nH]c3=O)O1)[C@H]2O[Si](C)(C)C(C)(C)C. The average Bonchev–Trinajstić information content (AvgIpc) is 3.03. The van der Waals surface area contributed by atoms with Gasteiger partial charge in [-0.3, -0.25) is 19.1 Å². The van der Waals surface area contributed by atoms with Crippen LogP contribution in [0.3, 0.4) is 0 Å². The van der Waals surface area contributed by atoms with Crippen LogP contribution in [0.4, 0.5) is 0 Å². The van der Waals surface area contributed by atoms with E-state index in [4.69, 9.17) is 13.9 Å². The van der Waals surface area contributed by atoms with E-state index in [2.05, 4.69) is 38.8 Å². The van der Waals surface area contributed by atoms with Crippen LogP contribution in [-0.2, 0) is 18.7 Å². The fourth-order valence-electron chi connectivity index (χ4n) is 3.30. The molecule has 2 aliphatic rings. The fraction of sp³-hybridized carbons (Fsp3) is 0.722. The van der Waals surface area contributed by atoms with Gasteiger partial charge in [-0.15, -0.1) is 0 Å². The topological polar surface area (TPSA) is 99.6 Å². The Hall–Kier alpha value is -1.55. The van der Waals surface area contributed by atoms with E-state index in [-0.39, 0.29) is 17.4 Å². The first-order valence-corrected chi connectivity index (χ1v) is 12.0. The van der Waals surface area contributed by atoms with E-state index in [9.17, 15) is 14.4 Å². The molecule has 3 heterocycles. The molecule has 1 unspecified atom stereocenters. The van der Waals surface area contributed by atoms with Gasteiger partial charge in [0.05, 0.1) is 6.61 Å². The normalized spacial score (nSPS) is 30.7. The molecule has 0 aromatic carbocycles. The molecular weight excluding hydrogens is 368 g/mol. The van der Waals surface area contributed by atoms with E-state index >= 15 is 0 Å². The lowest BCUT2D eigenvalue weighted by Gasteiger charge is -2.40. The molecule has 2 aliphatic heterocycles. The van der Waals surface area contributed by atoms with E-state index in [0.29, 0.717) is 5.56 Å². The van der Waals surface area contributed by atoms with Crippen LogP contribution < -0.4 is 11.2 Å². The van der Waals surface area contributed by atoms with Crippen molar-refractivity contribution in [3.63, 3.8) is 0 Å². The first-order chi connectivity index (χ1) is 12.3. The van der Waals surface area contributed by atoms with E-state index in [0.717, 1.165) is 0 Å². The number of aryl methyl sites for hydroxylation is 1. The Morgan fingerprint density at radius 3 is 2.56 bits per heavy atom. The summed E-state index contributed by atoms with van der Waals surface area (Å²) < 4.78 is 19.8. The predicted molar refractivity (Wildman–Crippen MR) is 101 cm³/mol. The highest BCUT2D eigenvalue weighted by Gasteiger charge is 2.67. The molecule has 8 nitrogen and oxygen atoms in total. The number of fused-ring (bicyclic) bond motifs is 2. The van der Waals surface area contributed by atoms with E-state index in [1.165, 1.54) is 17.7 Å². The lowest BCUT2D eigenvalue weighted by Crippen LogP contribution is -2.54. The van der Waals surface area contributed by atoms with Gasteiger partial charge in [0.2, 0.25) is 0 Å². The molecule has 0 saturated carbocycles. The number of carbonyl (C=O) groups is 1. The third-order valence-electron chi connectivity index (χ3n) is 6.10. The first-order valence-electron chi connectivity index (χ1n) is 9.10. The first kappa shape index (κ1) is 20.2. The Balaban J connectivity index is 2.04. The molecular formula is C18H28N2O6Si. The van der Waals surface area contributed by atoms with Crippen molar-refractivity contribution in [2.24, 2.45) is 0 Å². The maximum absolute atomic E-state index is 12.5. The summed E-state index contributed by atoms with van der Waals surface area (Å²) in [6, 6.07) is 0. The lowest BCUT2D eigenvalue weighted by molar-refractivity contribution is -0.182. The van der Waals surface area contributed by atoms with E-state index in [1.807, 2.05) is 0 Å². The second-order valence-corrected chi connectivity index (χ2v) is 13.8. The largest absolute Gasteiger partial charge is 0.408 e. The van der Waals surface area contributed by atoms with Gasteiger partial charge in [0, 0.05) is 11.8 Å². The van der Waals surface area contributed by atoms with E-state index < -0.39 is 43.6 Å². The van der Waals surface area contributed by atoms with Crippen LogP contribution in [0.25, 0.3) is 0 Å². The number of H-pyrrole nitrogens is 1. The number of aromatic amines is 1. The van der Waals surface area contributed by atoms with Gasteiger partial charge in [0.15, 0.2) is 25.9 Å². The Bertz CT molecular complexity index is 883. The van der Waals surface area contributed by atoms with Crippen molar-refractivity contribution in [1.29, 1.82) is 0 Å². The van der Waals surface area contributed by atoms with Crippen LogP contribution in [0.1, 0.15) is 39.5 Å². The zero-order valence-corrected chi connectivity index (χ0v) is 17.9. The summed E-state index contributed by atoms with van der Waals surface area (Å²) in [6.45, 7) is 13.7. The van der Waals surface area contributed by atoms with Crippen molar-refractivity contribution in [2.45, 2.75) is 76.8 Å². The minimum Gasteiger partial charge on any atom is -0.408 e. The molecule has 150 valence electrons. The molecule has 2 saturated heterocycles. The zero-order valence-electron chi connectivity index (χ0n) is 16.9. The number of nitrogens with one attached hydrogen (secondary N) is 1. The molecule has 0 aliphatic carbocycles. The molecule has 0 spiro atoms. The van der Waals surface area contributed by atoms with Gasteiger partial charge < -0.3 is 13.9 Å². The Morgan fingerprint density at radius 1 is 1.37 bits per heavy atom. The maximum atomic E-state index is 12.5. The highest BCUT2D eigenvalue weighted by molar-refractivity contribution is 6.74. The van der Waals surface area contributed by atoms with Crippen LogP contribution in [0.5, 0.6) is 0 Å². The van der Waals surface area contributed by atoms with Crippen molar-refractivity contribution in [2.75, 3.05) is 6.61 Å². The van der Waals surface area contributed by atoms with Crippen molar-refractivity contribution < 1.29 is 18.7 Å². The Labute approximate surface area is 159 Å². The van der Waals surface area contributed by atoms with Crippen molar-refractivity contribution in [1.82, 2.24) is 9.55 Å². The number of aromatic nitrogens is 2. The molecule has 0 amide bonds. The Morgan fingerprint density at radius 2 is 2.00 bits per heavy atom. The molecule has 3 rings (SSSR count). The minimum absolute atomic E-state index is 0.0616. The summed E-state index contributed by atoms with van der Waals surface area (Å²) in [6.07, 6.45) is -0.598. The number of hydrogen-bond acceptors (Lipinski definition) is 6. The number of Topliss-reactive ketones (excluding diaryl/α,β-unsaturated/α-hetero) is 1. The summed E-state index contributed by atoms with van der Waals surface area (Å²) in [7, 11) is -2.23. The summed E-state index contributed by atoms with van der Waals surface area (Å²) in [5.74, 6) is -0.189.